The Bertz CT molecular complexity index is 599. The fourth-order valence-corrected chi connectivity index (χ4v) is 3.00. The second-order valence-corrected chi connectivity index (χ2v) is 5.87. The zero-order valence-electron chi connectivity index (χ0n) is 11.8. The molecule has 2 heterocycles. The van der Waals surface area contributed by atoms with Crippen LogP contribution in [0.15, 0.2) is 34.9 Å². The van der Waals surface area contributed by atoms with Crippen molar-refractivity contribution in [1.29, 1.82) is 0 Å². The standard InChI is InChI=1S/C16H19ClN2O2/c17-13-5-3-4-12(8-13)15-9-18-16(21-15)10-19-7-2-1-6-14(19)11-20/h3-5,8-9,14,20H,1-2,6-7,10-11H2. The SMILES string of the molecule is OCC1CCCCN1Cc1ncc(-c2cccc(Cl)c2)o1. The minimum absolute atomic E-state index is 0.196. The van der Waals surface area contributed by atoms with E-state index in [1.807, 2.05) is 24.3 Å². The molecule has 1 N–H and O–H groups in total. The zero-order valence-corrected chi connectivity index (χ0v) is 12.6. The van der Waals surface area contributed by atoms with Crippen molar-refractivity contribution >= 4 is 11.6 Å². The number of halogens is 1. The minimum Gasteiger partial charge on any atom is -0.439 e. The third kappa shape index (κ3) is 3.46. The smallest absolute Gasteiger partial charge is 0.209 e. The molecule has 4 nitrogen and oxygen atoms in total. The van der Waals surface area contributed by atoms with E-state index in [9.17, 15) is 5.11 Å². The van der Waals surface area contributed by atoms with E-state index in [0.717, 1.165) is 24.3 Å². The molecule has 1 aromatic carbocycles. The van der Waals surface area contributed by atoms with Crippen molar-refractivity contribution in [3.63, 3.8) is 0 Å². The predicted molar refractivity (Wildman–Crippen MR) is 82.1 cm³/mol. The third-order valence-electron chi connectivity index (χ3n) is 3.96. The van der Waals surface area contributed by atoms with Crippen LogP contribution >= 0.6 is 11.6 Å². The van der Waals surface area contributed by atoms with Crippen molar-refractivity contribution in [3.8, 4) is 11.3 Å². The van der Waals surface area contributed by atoms with Gasteiger partial charge in [-0.1, -0.05) is 30.2 Å². The van der Waals surface area contributed by atoms with Gasteiger partial charge in [0.1, 0.15) is 0 Å². The van der Waals surface area contributed by atoms with Gasteiger partial charge in [0.15, 0.2) is 5.76 Å². The number of hydrogen-bond acceptors (Lipinski definition) is 4. The Kier molecular flexibility index (Phi) is 4.58. The number of aromatic nitrogens is 1. The number of aliphatic hydroxyl groups excluding tert-OH is 1. The molecule has 1 saturated heterocycles. The Labute approximate surface area is 129 Å². The Hall–Kier alpha value is -1.36. The highest BCUT2D eigenvalue weighted by molar-refractivity contribution is 6.30. The van der Waals surface area contributed by atoms with E-state index in [1.165, 1.54) is 12.8 Å². The Balaban J connectivity index is 1.73. The summed E-state index contributed by atoms with van der Waals surface area (Å²) >= 11 is 6.00. The van der Waals surface area contributed by atoms with Gasteiger partial charge in [0.25, 0.3) is 0 Å². The van der Waals surface area contributed by atoms with Crippen LogP contribution in [-0.4, -0.2) is 34.2 Å². The molecule has 1 aromatic heterocycles. The van der Waals surface area contributed by atoms with Crippen LogP contribution in [0.3, 0.4) is 0 Å². The molecule has 1 aliphatic rings. The maximum absolute atomic E-state index is 9.45. The number of likely N-dealkylation sites (tertiary alicyclic amines) is 1. The molecule has 5 heteroatoms. The van der Waals surface area contributed by atoms with Crippen molar-refractivity contribution in [3.05, 3.63) is 41.4 Å². The first-order chi connectivity index (χ1) is 10.3. The molecule has 0 aliphatic carbocycles. The van der Waals surface area contributed by atoms with Gasteiger partial charge in [-0.25, -0.2) is 4.98 Å². The van der Waals surface area contributed by atoms with Gasteiger partial charge in [-0.15, -0.1) is 0 Å². The molecule has 21 heavy (non-hydrogen) atoms. The van der Waals surface area contributed by atoms with Gasteiger partial charge in [-0.3, -0.25) is 4.90 Å². The number of oxazole rings is 1. The number of hydrogen-bond donors (Lipinski definition) is 1. The Morgan fingerprint density at radius 2 is 2.29 bits per heavy atom. The summed E-state index contributed by atoms with van der Waals surface area (Å²) in [7, 11) is 0. The molecule has 112 valence electrons. The van der Waals surface area contributed by atoms with Gasteiger partial charge >= 0.3 is 0 Å². The Morgan fingerprint density at radius 1 is 1.38 bits per heavy atom. The summed E-state index contributed by atoms with van der Waals surface area (Å²) in [4.78, 5) is 6.60. The summed E-state index contributed by atoms with van der Waals surface area (Å²) in [5, 5.41) is 10.1. The van der Waals surface area contributed by atoms with Crippen LogP contribution < -0.4 is 0 Å². The molecule has 3 rings (SSSR count). The minimum atomic E-state index is 0.196. The summed E-state index contributed by atoms with van der Waals surface area (Å²) in [5.74, 6) is 1.41. The molecule has 1 atom stereocenters. The lowest BCUT2D eigenvalue weighted by Crippen LogP contribution is -2.41. The lowest BCUT2D eigenvalue weighted by molar-refractivity contribution is 0.0770. The van der Waals surface area contributed by atoms with Crippen LogP contribution in [0.5, 0.6) is 0 Å². The lowest BCUT2D eigenvalue weighted by atomic mass is 10.0. The van der Waals surface area contributed by atoms with E-state index < -0.39 is 0 Å². The highest BCUT2D eigenvalue weighted by Gasteiger charge is 2.23. The first kappa shape index (κ1) is 14.6. The summed E-state index contributed by atoms with van der Waals surface area (Å²) in [5.41, 5.74) is 0.929. The molecular weight excluding hydrogens is 288 g/mol. The number of piperidine rings is 1. The normalized spacial score (nSPS) is 19.8. The van der Waals surface area contributed by atoms with Gasteiger partial charge < -0.3 is 9.52 Å². The number of benzene rings is 1. The average molecular weight is 307 g/mol. The van der Waals surface area contributed by atoms with Crippen LogP contribution in [0.25, 0.3) is 11.3 Å². The Morgan fingerprint density at radius 3 is 3.10 bits per heavy atom. The third-order valence-corrected chi connectivity index (χ3v) is 4.20. The maximum Gasteiger partial charge on any atom is 0.209 e. The predicted octanol–water partition coefficient (Wildman–Crippen LogP) is 3.34. The maximum atomic E-state index is 9.45. The number of nitrogens with zero attached hydrogens (tertiary/aromatic N) is 2. The van der Waals surface area contributed by atoms with E-state index in [1.54, 1.807) is 6.20 Å². The molecule has 0 spiro atoms. The molecule has 1 fully saturated rings. The van der Waals surface area contributed by atoms with Gasteiger partial charge in [0.2, 0.25) is 5.89 Å². The van der Waals surface area contributed by atoms with Gasteiger partial charge in [-0.05, 0) is 31.5 Å². The average Bonchev–Trinajstić information content (AvgIpc) is 2.96. The van der Waals surface area contributed by atoms with Crippen molar-refractivity contribution < 1.29 is 9.52 Å². The molecule has 1 unspecified atom stereocenters. The van der Waals surface area contributed by atoms with Crippen LogP contribution in [0.1, 0.15) is 25.2 Å². The van der Waals surface area contributed by atoms with Crippen LogP contribution in [0, 0.1) is 0 Å². The summed E-state index contributed by atoms with van der Waals surface area (Å²) in [6.45, 7) is 1.83. The molecule has 0 saturated carbocycles. The lowest BCUT2D eigenvalue weighted by Gasteiger charge is -2.33. The topological polar surface area (TPSA) is 49.5 Å². The second kappa shape index (κ2) is 6.60. The summed E-state index contributed by atoms with van der Waals surface area (Å²) in [6.07, 6.45) is 5.12. The molecule has 0 radical (unpaired) electrons. The first-order valence-electron chi connectivity index (χ1n) is 7.32. The molecular formula is C16H19ClN2O2. The molecule has 0 amide bonds. The molecule has 1 aliphatic heterocycles. The molecule has 2 aromatic rings. The van der Waals surface area contributed by atoms with Crippen LogP contribution in [0.4, 0.5) is 0 Å². The second-order valence-electron chi connectivity index (χ2n) is 5.43. The van der Waals surface area contributed by atoms with E-state index >= 15 is 0 Å². The van der Waals surface area contributed by atoms with Crippen LogP contribution in [0.2, 0.25) is 5.02 Å². The van der Waals surface area contributed by atoms with Crippen LogP contribution in [-0.2, 0) is 6.54 Å². The van der Waals surface area contributed by atoms with Crippen molar-refractivity contribution in [2.24, 2.45) is 0 Å². The van der Waals surface area contributed by atoms with Crippen molar-refractivity contribution in [2.45, 2.75) is 31.8 Å². The monoisotopic (exact) mass is 306 g/mol. The van der Waals surface area contributed by atoms with E-state index in [0.29, 0.717) is 17.5 Å². The van der Waals surface area contributed by atoms with Crippen molar-refractivity contribution in [2.75, 3.05) is 13.2 Å². The zero-order chi connectivity index (χ0) is 14.7. The fraction of sp³-hybridized carbons (Fsp3) is 0.438. The first-order valence-corrected chi connectivity index (χ1v) is 7.69. The molecule has 0 bridgehead atoms. The summed E-state index contributed by atoms with van der Waals surface area (Å²) < 4.78 is 5.83. The van der Waals surface area contributed by atoms with Gasteiger partial charge in [0, 0.05) is 16.6 Å². The quantitative estimate of drug-likeness (QED) is 0.941. The largest absolute Gasteiger partial charge is 0.439 e. The van der Waals surface area contributed by atoms with E-state index in [4.69, 9.17) is 16.0 Å². The number of aliphatic hydroxyl groups is 1. The van der Waals surface area contributed by atoms with E-state index in [-0.39, 0.29) is 12.6 Å². The van der Waals surface area contributed by atoms with E-state index in [2.05, 4.69) is 9.88 Å². The highest BCUT2D eigenvalue weighted by atomic mass is 35.5. The van der Waals surface area contributed by atoms with Crippen molar-refractivity contribution in [1.82, 2.24) is 9.88 Å². The highest BCUT2D eigenvalue weighted by Crippen LogP contribution is 2.25. The fourth-order valence-electron chi connectivity index (χ4n) is 2.81. The summed E-state index contributed by atoms with van der Waals surface area (Å²) in [6, 6.07) is 7.77. The number of rotatable bonds is 4. The van der Waals surface area contributed by atoms with Gasteiger partial charge in [-0.2, -0.15) is 0 Å². The van der Waals surface area contributed by atoms with Gasteiger partial charge in [0.05, 0.1) is 19.3 Å².